The molecule has 1 aromatic carbocycles. The smallest absolute Gasteiger partial charge is 0.242 e. The molecule has 1 amide bonds. The van der Waals surface area contributed by atoms with Gasteiger partial charge in [-0.05, 0) is 37.1 Å². The number of halogens is 1. The van der Waals surface area contributed by atoms with E-state index >= 15 is 0 Å². The molecule has 1 heterocycles. The molecule has 1 atom stereocenters. The Morgan fingerprint density at radius 3 is 2.78 bits per heavy atom. The first-order valence-electron chi connectivity index (χ1n) is 6.13. The molecule has 1 aromatic rings. The summed E-state index contributed by atoms with van der Waals surface area (Å²) in [5.74, 6) is -0.373. The van der Waals surface area contributed by atoms with E-state index in [1.54, 1.807) is 12.1 Å². The van der Waals surface area contributed by atoms with Gasteiger partial charge >= 0.3 is 0 Å². The Labute approximate surface area is 105 Å². The van der Waals surface area contributed by atoms with Crippen molar-refractivity contribution in [3.8, 4) is 0 Å². The van der Waals surface area contributed by atoms with Crippen molar-refractivity contribution < 1.29 is 14.3 Å². The predicted molar refractivity (Wildman–Crippen MR) is 66.9 cm³/mol. The number of aliphatic hydroxyl groups excluding tert-OH is 1. The second kappa shape index (κ2) is 5.82. The summed E-state index contributed by atoms with van der Waals surface area (Å²) in [5, 5.41) is 11.9. The number of nitrogens with one attached hydrogen (secondary N) is 1. The molecule has 4 nitrogen and oxygen atoms in total. The standard InChI is InChI=1S/C13H17FN2O2/c14-10-2-4-11(5-3-10)16-8-1-7-15-13(18)12(16)6-9-17/h2-5,12,17H,1,6-9H2,(H,15,18). The second-order valence-electron chi connectivity index (χ2n) is 4.34. The third-order valence-corrected chi connectivity index (χ3v) is 3.11. The highest BCUT2D eigenvalue weighted by molar-refractivity contribution is 5.85. The van der Waals surface area contributed by atoms with Crippen molar-refractivity contribution in [3.63, 3.8) is 0 Å². The summed E-state index contributed by atoms with van der Waals surface area (Å²) in [6, 6.07) is 5.71. The number of aliphatic hydroxyl groups is 1. The monoisotopic (exact) mass is 252 g/mol. The Morgan fingerprint density at radius 1 is 1.39 bits per heavy atom. The first-order chi connectivity index (χ1) is 8.72. The number of hydrogen-bond acceptors (Lipinski definition) is 3. The molecule has 1 aliphatic heterocycles. The van der Waals surface area contributed by atoms with Crippen molar-refractivity contribution in [1.82, 2.24) is 5.32 Å². The lowest BCUT2D eigenvalue weighted by Crippen LogP contribution is -2.45. The lowest BCUT2D eigenvalue weighted by molar-refractivity contribution is -0.122. The van der Waals surface area contributed by atoms with Gasteiger partial charge in [0.05, 0.1) is 0 Å². The molecule has 0 spiro atoms. The van der Waals surface area contributed by atoms with Crippen LogP contribution < -0.4 is 10.2 Å². The fraction of sp³-hybridized carbons (Fsp3) is 0.462. The Kier molecular flexibility index (Phi) is 4.15. The third-order valence-electron chi connectivity index (χ3n) is 3.11. The highest BCUT2D eigenvalue weighted by atomic mass is 19.1. The van der Waals surface area contributed by atoms with E-state index in [0.29, 0.717) is 13.0 Å². The van der Waals surface area contributed by atoms with Gasteiger partial charge in [0.2, 0.25) is 5.91 Å². The van der Waals surface area contributed by atoms with Gasteiger partial charge in [0, 0.05) is 25.4 Å². The van der Waals surface area contributed by atoms with Crippen LogP contribution in [0, 0.1) is 5.82 Å². The van der Waals surface area contributed by atoms with Gasteiger partial charge in [0.15, 0.2) is 0 Å². The first-order valence-corrected chi connectivity index (χ1v) is 6.13. The zero-order valence-corrected chi connectivity index (χ0v) is 10.1. The van der Waals surface area contributed by atoms with Crippen molar-refractivity contribution in [2.75, 3.05) is 24.6 Å². The minimum Gasteiger partial charge on any atom is -0.396 e. The molecule has 2 rings (SSSR count). The van der Waals surface area contributed by atoms with Crippen molar-refractivity contribution in [3.05, 3.63) is 30.1 Å². The fourth-order valence-electron chi connectivity index (χ4n) is 2.23. The highest BCUT2D eigenvalue weighted by Gasteiger charge is 2.27. The number of amides is 1. The number of benzene rings is 1. The maximum Gasteiger partial charge on any atom is 0.242 e. The van der Waals surface area contributed by atoms with Crippen LogP contribution in [0.2, 0.25) is 0 Å². The Balaban J connectivity index is 2.25. The van der Waals surface area contributed by atoms with Crippen molar-refractivity contribution >= 4 is 11.6 Å². The van der Waals surface area contributed by atoms with Crippen LogP contribution in [0.5, 0.6) is 0 Å². The van der Waals surface area contributed by atoms with Crippen LogP contribution in [0.15, 0.2) is 24.3 Å². The van der Waals surface area contributed by atoms with E-state index in [2.05, 4.69) is 5.32 Å². The summed E-state index contributed by atoms with van der Waals surface area (Å²) >= 11 is 0. The number of hydrogen-bond donors (Lipinski definition) is 2. The van der Waals surface area contributed by atoms with Gasteiger partial charge in [-0.1, -0.05) is 0 Å². The number of rotatable bonds is 3. The molecule has 0 saturated carbocycles. The number of carbonyl (C=O) groups excluding carboxylic acids is 1. The lowest BCUT2D eigenvalue weighted by Gasteiger charge is -2.30. The normalized spacial score (nSPS) is 20.4. The summed E-state index contributed by atoms with van der Waals surface area (Å²) < 4.78 is 12.9. The van der Waals surface area contributed by atoms with Crippen LogP contribution in [0.25, 0.3) is 0 Å². The van der Waals surface area contributed by atoms with E-state index < -0.39 is 0 Å². The maximum absolute atomic E-state index is 12.9. The molecule has 0 aromatic heterocycles. The van der Waals surface area contributed by atoms with Gasteiger partial charge in [-0.3, -0.25) is 4.79 Å². The van der Waals surface area contributed by atoms with Crippen molar-refractivity contribution in [2.24, 2.45) is 0 Å². The molecular weight excluding hydrogens is 235 g/mol. The molecule has 1 fully saturated rings. The molecule has 0 radical (unpaired) electrons. The van der Waals surface area contributed by atoms with Crippen molar-refractivity contribution in [2.45, 2.75) is 18.9 Å². The van der Waals surface area contributed by atoms with E-state index in [4.69, 9.17) is 5.11 Å². The third kappa shape index (κ3) is 2.79. The molecule has 2 N–H and O–H groups in total. The van der Waals surface area contributed by atoms with Gasteiger partial charge in [-0.15, -0.1) is 0 Å². The molecule has 0 aliphatic carbocycles. The summed E-state index contributed by atoms with van der Waals surface area (Å²) in [5.41, 5.74) is 0.812. The summed E-state index contributed by atoms with van der Waals surface area (Å²) in [6.07, 6.45) is 1.22. The van der Waals surface area contributed by atoms with Gasteiger partial charge < -0.3 is 15.3 Å². The average molecular weight is 252 g/mol. The summed E-state index contributed by atoms with van der Waals surface area (Å²) in [4.78, 5) is 13.8. The largest absolute Gasteiger partial charge is 0.396 e. The molecule has 5 heteroatoms. The van der Waals surface area contributed by atoms with Gasteiger partial charge in [-0.2, -0.15) is 0 Å². The van der Waals surface area contributed by atoms with Crippen molar-refractivity contribution in [1.29, 1.82) is 0 Å². The molecule has 0 bridgehead atoms. The number of anilines is 1. The van der Waals surface area contributed by atoms with Gasteiger partial charge in [-0.25, -0.2) is 4.39 Å². The minimum atomic E-state index is -0.386. The minimum absolute atomic E-state index is 0.0459. The zero-order valence-electron chi connectivity index (χ0n) is 10.1. The Bertz CT molecular complexity index is 408. The molecule has 98 valence electrons. The quantitative estimate of drug-likeness (QED) is 0.840. The van der Waals surface area contributed by atoms with Crippen LogP contribution >= 0.6 is 0 Å². The molecular formula is C13H17FN2O2. The second-order valence-corrected chi connectivity index (χ2v) is 4.34. The molecule has 18 heavy (non-hydrogen) atoms. The average Bonchev–Trinajstić information content (AvgIpc) is 2.54. The van der Waals surface area contributed by atoms with E-state index in [0.717, 1.165) is 18.7 Å². The van der Waals surface area contributed by atoms with Gasteiger partial charge in [0.1, 0.15) is 11.9 Å². The Hall–Kier alpha value is -1.62. The van der Waals surface area contributed by atoms with E-state index in [-0.39, 0.29) is 24.4 Å². The van der Waals surface area contributed by atoms with Crippen LogP contribution in [-0.2, 0) is 4.79 Å². The molecule has 1 saturated heterocycles. The van der Waals surface area contributed by atoms with Gasteiger partial charge in [0.25, 0.3) is 0 Å². The van der Waals surface area contributed by atoms with E-state index in [1.165, 1.54) is 12.1 Å². The maximum atomic E-state index is 12.9. The topological polar surface area (TPSA) is 52.6 Å². The van der Waals surface area contributed by atoms with Crippen LogP contribution in [0.4, 0.5) is 10.1 Å². The summed E-state index contributed by atoms with van der Waals surface area (Å²) in [6.45, 7) is 1.31. The fourth-order valence-corrected chi connectivity index (χ4v) is 2.23. The molecule has 1 aliphatic rings. The highest BCUT2D eigenvalue weighted by Crippen LogP contribution is 2.21. The predicted octanol–water partition coefficient (Wildman–Crippen LogP) is 0.903. The first kappa shape index (κ1) is 12.8. The number of nitrogens with zero attached hydrogens (tertiary/aromatic N) is 1. The lowest BCUT2D eigenvalue weighted by atomic mass is 10.1. The van der Waals surface area contributed by atoms with Crippen LogP contribution in [-0.4, -0.2) is 36.8 Å². The van der Waals surface area contributed by atoms with Crippen LogP contribution in [0.1, 0.15) is 12.8 Å². The SMILES string of the molecule is O=C1NCCCN(c2ccc(F)cc2)C1CCO. The Morgan fingerprint density at radius 2 is 2.11 bits per heavy atom. The summed E-state index contributed by atoms with van der Waals surface area (Å²) in [7, 11) is 0. The molecule has 1 unspecified atom stereocenters. The van der Waals surface area contributed by atoms with E-state index in [9.17, 15) is 9.18 Å². The zero-order chi connectivity index (χ0) is 13.0. The van der Waals surface area contributed by atoms with Crippen LogP contribution in [0.3, 0.4) is 0 Å². The van der Waals surface area contributed by atoms with E-state index in [1.807, 2.05) is 4.90 Å². The number of carbonyl (C=O) groups is 1.